The minimum absolute atomic E-state index is 0.278. The van der Waals surface area contributed by atoms with E-state index in [4.69, 9.17) is 5.11 Å². The molecule has 0 bridgehead atoms. The van der Waals surface area contributed by atoms with Crippen LogP contribution in [0.15, 0.2) is 41.6 Å². The fourth-order valence-corrected chi connectivity index (χ4v) is 2.43. The number of aliphatic hydroxyl groups excluding tert-OH is 1. The van der Waals surface area contributed by atoms with Gasteiger partial charge in [-0.3, -0.25) is 4.72 Å². The predicted octanol–water partition coefficient (Wildman–Crippen LogP) is 1.65. The summed E-state index contributed by atoms with van der Waals surface area (Å²) in [6.07, 6.45) is 1.18. The van der Waals surface area contributed by atoms with E-state index in [1.807, 2.05) is 4.72 Å². The van der Waals surface area contributed by atoms with Gasteiger partial charge in [-0.25, -0.2) is 13.8 Å². The number of hydrogen-bond acceptors (Lipinski definition) is 4. The van der Waals surface area contributed by atoms with Crippen molar-refractivity contribution in [3.8, 4) is 0 Å². The number of hydrogen-bond donors (Lipinski definition) is 2. The molecule has 0 aliphatic heterocycles. The van der Waals surface area contributed by atoms with Gasteiger partial charge in [-0.2, -0.15) is 8.42 Å². The Morgan fingerprint density at radius 2 is 1.95 bits per heavy atom. The number of nitrogens with zero attached hydrogens (tertiary/aromatic N) is 1. The lowest BCUT2D eigenvalue weighted by Gasteiger charge is -2.08. The second-order valence-electron chi connectivity index (χ2n) is 3.89. The standard InChI is InChI=1S/C12H10F2N2O3S/c13-9-2-3-10(14)11(5-9)16-20(18,19)12-4-1-8(7-17)6-15-12/h1-6,16-17H,7H2. The minimum atomic E-state index is -4.13. The van der Waals surface area contributed by atoms with E-state index in [1.54, 1.807) is 0 Å². The second-order valence-corrected chi connectivity index (χ2v) is 5.52. The number of aromatic nitrogens is 1. The summed E-state index contributed by atoms with van der Waals surface area (Å²) in [5, 5.41) is 8.47. The highest BCUT2D eigenvalue weighted by Crippen LogP contribution is 2.19. The molecule has 0 atom stereocenters. The molecule has 2 N–H and O–H groups in total. The van der Waals surface area contributed by atoms with Crippen LogP contribution in [0.5, 0.6) is 0 Å². The molecule has 0 unspecified atom stereocenters. The zero-order valence-corrected chi connectivity index (χ0v) is 10.9. The van der Waals surface area contributed by atoms with Crippen molar-refractivity contribution in [1.29, 1.82) is 0 Å². The molecule has 0 spiro atoms. The normalized spacial score (nSPS) is 11.3. The number of pyridine rings is 1. The molecule has 8 heteroatoms. The Morgan fingerprint density at radius 1 is 1.20 bits per heavy atom. The number of halogens is 2. The Hall–Kier alpha value is -2.06. The largest absolute Gasteiger partial charge is 0.392 e. The molecule has 0 fully saturated rings. The average molecular weight is 300 g/mol. The van der Waals surface area contributed by atoms with Gasteiger partial charge in [0.2, 0.25) is 0 Å². The number of aliphatic hydroxyl groups is 1. The fraction of sp³-hybridized carbons (Fsp3) is 0.0833. The first-order valence-electron chi connectivity index (χ1n) is 5.46. The molecule has 0 aliphatic rings. The molecule has 0 radical (unpaired) electrons. The third-order valence-corrected chi connectivity index (χ3v) is 3.71. The number of sulfonamides is 1. The zero-order chi connectivity index (χ0) is 14.8. The first-order chi connectivity index (χ1) is 9.42. The second kappa shape index (κ2) is 5.51. The smallest absolute Gasteiger partial charge is 0.279 e. The van der Waals surface area contributed by atoms with Gasteiger partial charge < -0.3 is 5.11 Å². The van der Waals surface area contributed by atoms with Gasteiger partial charge in [0.1, 0.15) is 11.6 Å². The lowest BCUT2D eigenvalue weighted by atomic mass is 10.3. The molecule has 2 rings (SSSR count). The number of anilines is 1. The molecule has 106 valence electrons. The monoisotopic (exact) mass is 300 g/mol. The topological polar surface area (TPSA) is 79.3 Å². The van der Waals surface area contributed by atoms with Gasteiger partial charge in [0.05, 0.1) is 12.3 Å². The summed E-state index contributed by atoms with van der Waals surface area (Å²) in [6, 6.07) is 4.94. The first kappa shape index (κ1) is 14.4. The van der Waals surface area contributed by atoms with Gasteiger partial charge in [0.25, 0.3) is 10.0 Å². The SMILES string of the molecule is O=S(=O)(Nc1cc(F)ccc1F)c1ccc(CO)cn1. The van der Waals surface area contributed by atoms with E-state index in [0.29, 0.717) is 5.56 Å². The Labute approximate surface area is 114 Å². The molecular weight excluding hydrogens is 290 g/mol. The van der Waals surface area contributed by atoms with Crippen LogP contribution in [0, 0.1) is 11.6 Å². The lowest BCUT2D eigenvalue weighted by Crippen LogP contribution is -2.15. The van der Waals surface area contributed by atoms with Crippen LogP contribution in [0.1, 0.15) is 5.56 Å². The fourth-order valence-electron chi connectivity index (χ4n) is 1.44. The molecule has 0 aliphatic carbocycles. The highest BCUT2D eigenvalue weighted by molar-refractivity contribution is 7.92. The van der Waals surface area contributed by atoms with Crippen LogP contribution in [-0.2, 0) is 16.6 Å². The molecule has 1 aromatic carbocycles. The molecule has 0 amide bonds. The lowest BCUT2D eigenvalue weighted by molar-refractivity contribution is 0.281. The van der Waals surface area contributed by atoms with E-state index in [0.717, 1.165) is 24.3 Å². The third kappa shape index (κ3) is 3.09. The highest BCUT2D eigenvalue weighted by Gasteiger charge is 2.18. The molecule has 5 nitrogen and oxygen atoms in total. The third-order valence-electron chi connectivity index (χ3n) is 2.43. The van der Waals surface area contributed by atoms with Crippen LogP contribution in [0.4, 0.5) is 14.5 Å². The van der Waals surface area contributed by atoms with Gasteiger partial charge in [-0.1, -0.05) is 6.07 Å². The van der Waals surface area contributed by atoms with E-state index in [-0.39, 0.29) is 11.6 Å². The number of benzene rings is 1. The van der Waals surface area contributed by atoms with Crippen molar-refractivity contribution < 1.29 is 22.3 Å². The van der Waals surface area contributed by atoms with E-state index in [9.17, 15) is 17.2 Å². The van der Waals surface area contributed by atoms with Gasteiger partial charge in [0.15, 0.2) is 5.03 Å². The molecule has 0 saturated heterocycles. The molecule has 2 aromatic rings. The Balaban J connectivity index is 2.32. The zero-order valence-electron chi connectivity index (χ0n) is 10.0. The first-order valence-corrected chi connectivity index (χ1v) is 6.94. The van der Waals surface area contributed by atoms with Crippen LogP contribution in [-0.4, -0.2) is 18.5 Å². The van der Waals surface area contributed by atoms with E-state index < -0.39 is 27.3 Å². The highest BCUT2D eigenvalue weighted by atomic mass is 32.2. The van der Waals surface area contributed by atoms with E-state index >= 15 is 0 Å². The summed E-state index contributed by atoms with van der Waals surface area (Å²) in [5.74, 6) is -1.67. The average Bonchev–Trinajstić information content (AvgIpc) is 2.43. The van der Waals surface area contributed by atoms with Crippen molar-refractivity contribution in [1.82, 2.24) is 4.98 Å². The summed E-state index contributed by atoms with van der Waals surface area (Å²) in [7, 11) is -4.13. The van der Waals surface area contributed by atoms with Crippen molar-refractivity contribution >= 4 is 15.7 Å². The number of nitrogens with one attached hydrogen (secondary N) is 1. The molecule has 20 heavy (non-hydrogen) atoms. The quantitative estimate of drug-likeness (QED) is 0.900. The van der Waals surface area contributed by atoms with Crippen molar-refractivity contribution in [2.45, 2.75) is 11.6 Å². The van der Waals surface area contributed by atoms with Gasteiger partial charge in [-0.05, 0) is 23.8 Å². The maximum atomic E-state index is 13.4. The summed E-state index contributed by atoms with van der Waals surface area (Å²) < 4.78 is 52.2. The van der Waals surface area contributed by atoms with Crippen molar-refractivity contribution in [3.63, 3.8) is 0 Å². The molecular formula is C12H10F2N2O3S. The van der Waals surface area contributed by atoms with Crippen LogP contribution in [0.2, 0.25) is 0 Å². The van der Waals surface area contributed by atoms with Crippen molar-refractivity contribution in [2.24, 2.45) is 0 Å². The summed E-state index contributed by atoms with van der Waals surface area (Å²) in [6.45, 7) is -0.278. The maximum Gasteiger partial charge on any atom is 0.279 e. The van der Waals surface area contributed by atoms with Crippen molar-refractivity contribution in [2.75, 3.05) is 4.72 Å². The summed E-state index contributed by atoms with van der Waals surface area (Å²) in [4.78, 5) is 3.64. The van der Waals surface area contributed by atoms with Crippen molar-refractivity contribution in [3.05, 3.63) is 53.7 Å². The Morgan fingerprint density at radius 3 is 2.55 bits per heavy atom. The van der Waals surface area contributed by atoms with E-state index in [2.05, 4.69) is 4.98 Å². The predicted molar refractivity (Wildman–Crippen MR) is 67.3 cm³/mol. The summed E-state index contributed by atoms with van der Waals surface area (Å²) >= 11 is 0. The molecule has 1 aromatic heterocycles. The Bertz CT molecular complexity index is 718. The van der Waals surface area contributed by atoms with Crippen LogP contribution in [0.25, 0.3) is 0 Å². The molecule has 0 saturated carbocycles. The van der Waals surface area contributed by atoms with Gasteiger partial charge in [-0.15, -0.1) is 0 Å². The van der Waals surface area contributed by atoms with Crippen LogP contribution >= 0.6 is 0 Å². The van der Waals surface area contributed by atoms with Crippen LogP contribution < -0.4 is 4.72 Å². The molecule has 1 heterocycles. The van der Waals surface area contributed by atoms with Crippen LogP contribution in [0.3, 0.4) is 0 Å². The minimum Gasteiger partial charge on any atom is -0.392 e. The maximum absolute atomic E-state index is 13.4. The number of rotatable bonds is 4. The Kier molecular flexibility index (Phi) is 3.96. The summed E-state index contributed by atoms with van der Waals surface area (Å²) in [5.41, 5.74) is -0.0704. The van der Waals surface area contributed by atoms with Gasteiger partial charge in [0, 0.05) is 12.3 Å². The van der Waals surface area contributed by atoms with E-state index in [1.165, 1.54) is 12.3 Å². The van der Waals surface area contributed by atoms with Gasteiger partial charge >= 0.3 is 0 Å².